The quantitative estimate of drug-likeness (QED) is 0.558. The highest BCUT2D eigenvalue weighted by molar-refractivity contribution is 5.98. The molecule has 1 fully saturated rings. The van der Waals surface area contributed by atoms with Crippen LogP contribution in [-0.4, -0.2) is 69.7 Å². The lowest BCUT2D eigenvalue weighted by Gasteiger charge is -2.23. The molecule has 2 aromatic heterocycles. The zero-order valence-electron chi connectivity index (χ0n) is 20.5. The predicted molar refractivity (Wildman–Crippen MR) is 131 cm³/mol. The van der Waals surface area contributed by atoms with E-state index in [0.29, 0.717) is 50.3 Å². The number of rotatable bonds is 6. The summed E-state index contributed by atoms with van der Waals surface area (Å²) in [5.74, 6) is 0.910. The van der Waals surface area contributed by atoms with Gasteiger partial charge in [0.05, 0.1) is 24.6 Å². The van der Waals surface area contributed by atoms with E-state index in [4.69, 9.17) is 4.74 Å². The van der Waals surface area contributed by atoms with Crippen molar-refractivity contribution < 1.29 is 14.3 Å². The zero-order chi connectivity index (χ0) is 24.2. The molecule has 1 aliphatic rings. The predicted octanol–water partition coefficient (Wildman–Crippen LogP) is 3.64. The van der Waals surface area contributed by atoms with Crippen molar-refractivity contribution >= 4 is 22.8 Å². The van der Waals surface area contributed by atoms with Crippen molar-refractivity contribution in [2.75, 3.05) is 33.3 Å². The Morgan fingerprint density at radius 3 is 2.47 bits per heavy atom. The minimum atomic E-state index is -0.0308. The van der Waals surface area contributed by atoms with E-state index in [1.165, 1.54) is 0 Å². The number of amides is 2. The van der Waals surface area contributed by atoms with E-state index in [9.17, 15) is 9.59 Å². The second-order valence-electron chi connectivity index (χ2n) is 9.09. The van der Waals surface area contributed by atoms with Gasteiger partial charge in [0.1, 0.15) is 5.75 Å². The number of hydrogen-bond donors (Lipinski definition) is 0. The molecule has 0 atom stereocenters. The molecule has 4 rings (SSSR count). The maximum atomic E-state index is 13.3. The number of fused-ring (bicyclic) bond motifs is 1. The van der Waals surface area contributed by atoms with Crippen LogP contribution in [0.4, 0.5) is 0 Å². The lowest BCUT2D eigenvalue weighted by molar-refractivity contribution is -0.131. The van der Waals surface area contributed by atoms with Gasteiger partial charge in [0, 0.05) is 44.0 Å². The van der Waals surface area contributed by atoms with Crippen molar-refractivity contribution in [1.29, 1.82) is 0 Å². The third-order valence-corrected chi connectivity index (χ3v) is 6.40. The number of aromatic nitrogens is 3. The van der Waals surface area contributed by atoms with Gasteiger partial charge < -0.3 is 14.5 Å². The molecule has 3 aromatic rings. The van der Waals surface area contributed by atoms with Crippen LogP contribution in [0, 0.1) is 6.92 Å². The van der Waals surface area contributed by atoms with E-state index >= 15 is 0 Å². The molecule has 8 heteroatoms. The molecular formula is C26H33N5O3. The van der Waals surface area contributed by atoms with Gasteiger partial charge in [-0.05, 0) is 57.4 Å². The van der Waals surface area contributed by atoms with Gasteiger partial charge in [-0.3, -0.25) is 9.59 Å². The third-order valence-electron chi connectivity index (χ3n) is 6.40. The van der Waals surface area contributed by atoms with Crippen LogP contribution in [0.2, 0.25) is 0 Å². The van der Waals surface area contributed by atoms with E-state index in [-0.39, 0.29) is 17.9 Å². The van der Waals surface area contributed by atoms with Gasteiger partial charge in [-0.2, -0.15) is 5.10 Å². The molecule has 0 radical (unpaired) electrons. The normalized spacial score (nSPS) is 14.5. The highest BCUT2D eigenvalue weighted by Gasteiger charge is 2.25. The first-order valence-electron chi connectivity index (χ1n) is 11.9. The Labute approximate surface area is 200 Å². The molecule has 8 nitrogen and oxygen atoms in total. The van der Waals surface area contributed by atoms with E-state index in [1.807, 2.05) is 51.7 Å². The molecule has 0 unspecified atom stereocenters. The SMILES string of the molecule is COc1ccc(CCC(=O)N2CCCN(C(=O)c3cc4cnn(C(C)C)c4nc3C)CC2)cc1. The molecular weight excluding hydrogens is 430 g/mol. The van der Waals surface area contributed by atoms with Crippen LogP contribution in [0.25, 0.3) is 11.0 Å². The van der Waals surface area contributed by atoms with Crippen LogP contribution in [0.15, 0.2) is 36.5 Å². The fourth-order valence-electron chi connectivity index (χ4n) is 4.40. The van der Waals surface area contributed by atoms with Crippen molar-refractivity contribution in [2.45, 2.75) is 46.1 Å². The van der Waals surface area contributed by atoms with Gasteiger partial charge in [-0.1, -0.05) is 12.1 Å². The summed E-state index contributed by atoms with van der Waals surface area (Å²) >= 11 is 0. The van der Waals surface area contributed by atoms with Crippen LogP contribution in [0.5, 0.6) is 5.75 Å². The number of carbonyl (C=O) groups excluding carboxylic acids is 2. The second-order valence-corrected chi connectivity index (χ2v) is 9.09. The summed E-state index contributed by atoms with van der Waals surface area (Å²) in [6, 6.07) is 9.91. The fraction of sp³-hybridized carbons (Fsp3) is 0.462. The number of pyridine rings is 1. The topological polar surface area (TPSA) is 80.6 Å². The Bertz CT molecular complexity index is 1170. The largest absolute Gasteiger partial charge is 0.497 e. The molecule has 180 valence electrons. The zero-order valence-corrected chi connectivity index (χ0v) is 20.5. The Hall–Kier alpha value is -3.42. The standard InChI is InChI=1S/C26H33N5O3/c1-18(2)31-25-21(17-27-31)16-23(19(3)28-25)26(33)30-13-5-12-29(14-15-30)24(32)11-8-20-6-9-22(34-4)10-7-20/h6-7,9-10,16-18H,5,8,11-15H2,1-4H3. The number of nitrogens with zero attached hydrogens (tertiary/aromatic N) is 5. The molecule has 0 aliphatic carbocycles. The molecule has 34 heavy (non-hydrogen) atoms. The smallest absolute Gasteiger partial charge is 0.255 e. The summed E-state index contributed by atoms with van der Waals surface area (Å²) in [6.07, 6.45) is 3.68. The Balaban J connectivity index is 1.38. The Morgan fingerprint density at radius 2 is 1.76 bits per heavy atom. The minimum absolute atomic E-state index is 0.0308. The first-order chi connectivity index (χ1) is 16.4. The average molecular weight is 464 g/mol. The lowest BCUT2D eigenvalue weighted by Crippen LogP contribution is -2.37. The Morgan fingerprint density at radius 1 is 1.06 bits per heavy atom. The van der Waals surface area contributed by atoms with Gasteiger partial charge in [0.15, 0.2) is 5.65 Å². The first kappa shape index (κ1) is 23.7. The summed E-state index contributed by atoms with van der Waals surface area (Å²) in [4.78, 5) is 34.6. The number of hydrogen-bond acceptors (Lipinski definition) is 5. The first-order valence-corrected chi connectivity index (χ1v) is 11.9. The maximum Gasteiger partial charge on any atom is 0.255 e. The van der Waals surface area contributed by atoms with E-state index in [2.05, 4.69) is 23.9 Å². The number of benzene rings is 1. The van der Waals surface area contributed by atoms with Crippen molar-refractivity contribution in [1.82, 2.24) is 24.6 Å². The van der Waals surface area contributed by atoms with Gasteiger partial charge >= 0.3 is 0 Å². The third kappa shape index (κ3) is 5.05. The number of aryl methyl sites for hydroxylation is 2. The van der Waals surface area contributed by atoms with E-state index in [1.54, 1.807) is 13.3 Å². The van der Waals surface area contributed by atoms with Crippen LogP contribution in [0.1, 0.15) is 54.3 Å². The van der Waals surface area contributed by atoms with Gasteiger partial charge in [0.25, 0.3) is 5.91 Å². The van der Waals surface area contributed by atoms with Crippen LogP contribution < -0.4 is 4.74 Å². The summed E-state index contributed by atoms with van der Waals surface area (Å²) < 4.78 is 7.06. The van der Waals surface area contributed by atoms with E-state index in [0.717, 1.165) is 28.8 Å². The monoisotopic (exact) mass is 463 g/mol. The van der Waals surface area contributed by atoms with Crippen molar-refractivity contribution in [3.05, 3.63) is 53.3 Å². The number of methoxy groups -OCH3 is 1. The maximum absolute atomic E-state index is 13.3. The molecule has 0 saturated carbocycles. The minimum Gasteiger partial charge on any atom is -0.497 e. The molecule has 1 aromatic carbocycles. The highest BCUT2D eigenvalue weighted by Crippen LogP contribution is 2.21. The van der Waals surface area contributed by atoms with Crippen LogP contribution in [-0.2, 0) is 11.2 Å². The molecule has 2 amide bonds. The van der Waals surface area contributed by atoms with E-state index < -0.39 is 0 Å². The van der Waals surface area contributed by atoms with Crippen molar-refractivity contribution in [3.8, 4) is 5.75 Å². The van der Waals surface area contributed by atoms with Crippen LogP contribution in [0.3, 0.4) is 0 Å². The van der Waals surface area contributed by atoms with Crippen molar-refractivity contribution in [2.24, 2.45) is 0 Å². The number of ether oxygens (including phenoxy) is 1. The average Bonchev–Trinajstić information content (AvgIpc) is 3.08. The van der Waals surface area contributed by atoms with Crippen LogP contribution >= 0.6 is 0 Å². The highest BCUT2D eigenvalue weighted by atomic mass is 16.5. The summed E-state index contributed by atoms with van der Waals surface area (Å²) in [5, 5.41) is 5.29. The lowest BCUT2D eigenvalue weighted by atomic mass is 10.1. The Kier molecular flexibility index (Phi) is 7.14. The summed E-state index contributed by atoms with van der Waals surface area (Å²) in [6.45, 7) is 8.36. The van der Waals surface area contributed by atoms with Crippen molar-refractivity contribution in [3.63, 3.8) is 0 Å². The summed E-state index contributed by atoms with van der Waals surface area (Å²) in [5.41, 5.74) is 3.22. The molecule has 1 saturated heterocycles. The molecule has 0 spiro atoms. The second kappa shape index (κ2) is 10.2. The van der Waals surface area contributed by atoms with Gasteiger partial charge in [0.2, 0.25) is 5.91 Å². The molecule has 3 heterocycles. The summed E-state index contributed by atoms with van der Waals surface area (Å²) in [7, 11) is 1.64. The van der Waals surface area contributed by atoms with Gasteiger partial charge in [-0.15, -0.1) is 0 Å². The fourth-order valence-corrected chi connectivity index (χ4v) is 4.40. The van der Waals surface area contributed by atoms with Gasteiger partial charge in [-0.25, -0.2) is 9.67 Å². The molecule has 0 N–H and O–H groups in total. The molecule has 0 bridgehead atoms. The number of carbonyl (C=O) groups is 2. The molecule has 1 aliphatic heterocycles.